The van der Waals surface area contributed by atoms with Crippen LogP contribution in [0.5, 0.6) is 0 Å². The molecule has 112 valence electrons. The van der Waals surface area contributed by atoms with Crippen LogP contribution in [0.2, 0.25) is 0 Å². The minimum atomic E-state index is -0.00852. The van der Waals surface area contributed by atoms with Gasteiger partial charge in [-0.25, -0.2) is 4.98 Å². The molecule has 4 heteroatoms. The molecule has 0 aliphatic carbocycles. The molecule has 0 aliphatic heterocycles. The fourth-order valence-corrected chi connectivity index (χ4v) is 3.19. The van der Waals surface area contributed by atoms with Gasteiger partial charge in [-0.15, -0.1) is 0 Å². The molecule has 0 amide bonds. The number of para-hydroxylation sites is 1. The smallest absolute Gasteiger partial charge is 0.266 e. The Morgan fingerprint density at radius 3 is 2.45 bits per heavy atom. The third kappa shape index (κ3) is 2.66. The number of hydrogen-bond donors (Lipinski definition) is 0. The zero-order valence-corrected chi connectivity index (χ0v) is 13.6. The Hall–Kier alpha value is -2.07. The number of hydrogen-bond acceptors (Lipinski definition) is 3. The number of aryl methyl sites for hydroxylation is 1. The van der Waals surface area contributed by atoms with E-state index in [1.807, 2.05) is 36.4 Å². The molecule has 0 N–H and O–H groups in total. The molecule has 0 unspecified atom stereocenters. The third-order valence-corrected chi connectivity index (χ3v) is 4.44. The summed E-state index contributed by atoms with van der Waals surface area (Å²) in [6.45, 7) is 4.19. The van der Waals surface area contributed by atoms with Gasteiger partial charge in [0, 0.05) is 0 Å². The summed E-state index contributed by atoms with van der Waals surface area (Å²) in [7, 11) is 0. The summed E-state index contributed by atoms with van der Waals surface area (Å²) in [4.78, 5) is 17.6. The van der Waals surface area contributed by atoms with Crippen molar-refractivity contribution < 1.29 is 0 Å². The van der Waals surface area contributed by atoms with E-state index in [4.69, 9.17) is 0 Å². The van der Waals surface area contributed by atoms with Gasteiger partial charge >= 0.3 is 0 Å². The standard InChI is InChI=1S/C18H18N2OS/c1-3-13-9-11-14(12-10-13)20-17(21)15-7-5-6-8-16(15)19-18(20)22-4-2/h5-12H,3-4H2,1-2H3. The minimum absolute atomic E-state index is 0.00852. The largest absolute Gasteiger partial charge is 0.268 e. The molecule has 2 aromatic carbocycles. The number of nitrogens with zero attached hydrogens (tertiary/aromatic N) is 2. The molecule has 0 bridgehead atoms. The average Bonchev–Trinajstić information content (AvgIpc) is 2.56. The normalized spacial score (nSPS) is 11.0. The van der Waals surface area contributed by atoms with Crippen LogP contribution in [0.1, 0.15) is 19.4 Å². The van der Waals surface area contributed by atoms with Crippen molar-refractivity contribution in [3.63, 3.8) is 0 Å². The number of aromatic nitrogens is 2. The van der Waals surface area contributed by atoms with Gasteiger partial charge in [0.25, 0.3) is 5.56 Å². The van der Waals surface area contributed by atoms with Crippen molar-refractivity contribution in [3.8, 4) is 5.69 Å². The summed E-state index contributed by atoms with van der Waals surface area (Å²) in [5.41, 5.74) is 2.88. The summed E-state index contributed by atoms with van der Waals surface area (Å²) < 4.78 is 1.72. The van der Waals surface area contributed by atoms with E-state index in [-0.39, 0.29) is 5.56 Å². The van der Waals surface area contributed by atoms with Crippen LogP contribution in [0, 0.1) is 0 Å². The molecule has 3 nitrogen and oxygen atoms in total. The van der Waals surface area contributed by atoms with E-state index < -0.39 is 0 Å². The van der Waals surface area contributed by atoms with Crippen LogP contribution in [0.15, 0.2) is 58.5 Å². The lowest BCUT2D eigenvalue weighted by atomic mass is 10.1. The van der Waals surface area contributed by atoms with Crippen molar-refractivity contribution in [1.82, 2.24) is 9.55 Å². The van der Waals surface area contributed by atoms with Gasteiger partial charge < -0.3 is 0 Å². The van der Waals surface area contributed by atoms with Crippen LogP contribution in [0.4, 0.5) is 0 Å². The fourth-order valence-electron chi connectivity index (χ4n) is 2.45. The Morgan fingerprint density at radius 2 is 1.77 bits per heavy atom. The first-order valence-electron chi connectivity index (χ1n) is 7.48. The van der Waals surface area contributed by atoms with Crippen molar-refractivity contribution in [3.05, 3.63) is 64.4 Å². The summed E-state index contributed by atoms with van der Waals surface area (Å²) >= 11 is 1.59. The van der Waals surface area contributed by atoms with Gasteiger partial charge in [-0.05, 0) is 42.0 Å². The highest BCUT2D eigenvalue weighted by atomic mass is 32.2. The Kier molecular flexibility index (Phi) is 4.29. The van der Waals surface area contributed by atoms with Gasteiger partial charge in [-0.2, -0.15) is 0 Å². The van der Waals surface area contributed by atoms with Crippen molar-refractivity contribution in [1.29, 1.82) is 0 Å². The van der Waals surface area contributed by atoms with Crippen LogP contribution >= 0.6 is 11.8 Å². The zero-order chi connectivity index (χ0) is 15.5. The van der Waals surface area contributed by atoms with E-state index in [9.17, 15) is 4.79 Å². The molecule has 3 rings (SSSR count). The lowest BCUT2D eigenvalue weighted by molar-refractivity contribution is 0.819. The molecule has 0 radical (unpaired) electrons. The Balaban J connectivity index is 2.27. The van der Waals surface area contributed by atoms with E-state index in [0.29, 0.717) is 5.39 Å². The summed E-state index contributed by atoms with van der Waals surface area (Å²) in [6, 6.07) is 15.6. The monoisotopic (exact) mass is 310 g/mol. The van der Waals surface area contributed by atoms with Crippen molar-refractivity contribution in [2.75, 3.05) is 5.75 Å². The van der Waals surface area contributed by atoms with Gasteiger partial charge in [0.1, 0.15) is 0 Å². The molecule has 3 aromatic rings. The first-order valence-corrected chi connectivity index (χ1v) is 8.47. The predicted molar refractivity (Wildman–Crippen MR) is 93.1 cm³/mol. The van der Waals surface area contributed by atoms with E-state index in [2.05, 4.69) is 31.0 Å². The number of rotatable bonds is 4. The molecule has 0 fully saturated rings. The van der Waals surface area contributed by atoms with E-state index in [0.717, 1.165) is 28.5 Å². The first-order chi connectivity index (χ1) is 10.7. The Bertz CT molecular complexity index is 853. The lowest BCUT2D eigenvalue weighted by Gasteiger charge is -2.13. The second kappa shape index (κ2) is 6.36. The van der Waals surface area contributed by atoms with E-state index in [1.165, 1.54) is 5.56 Å². The maximum Gasteiger partial charge on any atom is 0.266 e. The first kappa shape index (κ1) is 14.9. The average molecular weight is 310 g/mol. The summed E-state index contributed by atoms with van der Waals surface area (Å²) in [5.74, 6) is 0.873. The van der Waals surface area contributed by atoms with Gasteiger partial charge in [0.2, 0.25) is 0 Å². The fraction of sp³-hybridized carbons (Fsp3) is 0.222. The van der Waals surface area contributed by atoms with Crippen molar-refractivity contribution >= 4 is 22.7 Å². The number of benzene rings is 2. The molecule has 0 saturated carbocycles. The highest BCUT2D eigenvalue weighted by Gasteiger charge is 2.12. The SMILES string of the molecule is CCSc1nc2ccccc2c(=O)n1-c1ccc(CC)cc1. The second-order valence-electron chi connectivity index (χ2n) is 5.01. The van der Waals surface area contributed by atoms with Crippen LogP contribution in [0.25, 0.3) is 16.6 Å². The molecule has 0 saturated heterocycles. The van der Waals surface area contributed by atoms with Gasteiger partial charge in [-0.3, -0.25) is 9.36 Å². The Morgan fingerprint density at radius 1 is 1.05 bits per heavy atom. The van der Waals surface area contributed by atoms with Gasteiger partial charge in [0.05, 0.1) is 16.6 Å². The summed E-state index contributed by atoms with van der Waals surface area (Å²) in [5, 5.41) is 1.40. The van der Waals surface area contributed by atoms with Crippen molar-refractivity contribution in [2.24, 2.45) is 0 Å². The van der Waals surface area contributed by atoms with Gasteiger partial charge in [-0.1, -0.05) is 49.9 Å². The number of thioether (sulfide) groups is 1. The summed E-state index contributed by atoms with van der Waals surface area (Å²) in [6.07, 6.45) is 0.988. The van der Waals surface area contributed by atoms with E-state index >= 15 is 0 Å². The van der Waals surface area contributed by atoms with Crippen LogP contribution in [-0.2, 0) is 6.42 Å². The van der Waals surface area contributed by atoms with E-state index in [1.54, 1.807) is 16.3 Å². The topological polar surface area (TPSA) is 34.9 Å². The van der Waals surface area contributed by atoms with Gasteiger partial charge in [0.15, 0.2) is 5.16 Å². The molecule has 0 atom stereocenters. The van der Waals surface area contributed by atoms with Crippen LogP contribution in [0.3, 0.4) is 0 Å². The quantitative estimate of drug-likeness (QED) is 0.538. The molecule has 1 aromatic heterocycles. The third-order valence-electron chi connectivity index (χ3n) is 3.62. The zero-order valence-electron chi connectivity index (χ0n) is 12.7. The maximum absolute atomic E-state index is 12.9. The second-order valence-corrected chi connectivity index (χ2v) is 6.24. The highest BCUT2D eigenvalue weighted by molar-refractivity contribution is 7.99. The Labute approximate surface area is 134 Å². The van der Waals surface area contributed by atoms with Crippen molar-refractivity contribution in [2.45, 2.75) is 25.4 Å². The predicted octanol–water partition coefficient (Wildman–Crippen LogP) is 4.06. The lowest BCUT2D eigenvalue weighted by Crippen LogP contribution is -2.21. The molecule has 22 heavy (non-hydrogen) atoms. The number of fused-ring (bicyclic) bond motifs is 1. The maximum atomic E-state index is 12.9. The minimum Gasteiger partial charge on any atom is -0.268 e. The molecule has 1 heterocycles. The van der Waals surface area contributed by atoms with Crippen LogP contribution in [-0.4, -0.2) is 15.3 Å². The molecule has 0 aliphatic rings. The highest BCUT2D eigenvalue weighted by Crippen LogP contribution is 2.21. The van der Waals surface area contributed by atoms with Crippen LogP contribution < -0.4 is 5.56 Å². The molecular formula is C18H18N2OS. The molecule has 0 spiro atoms. The molecular weight excluding hydrogens is 292 g/mol.